The number of hydrogen-bond donors (Lipinski definition) is 0. The van der Waals surface area contributed by atoms with Crippen molar-refractivity contribution in [2.75, 3.05) is 13.7 Å². The highest BCUT2D eigenvalue weighted by Gasteiger charge is 2.33. The maximum atomic E-state index is 13.0. The minimum atomic E-state index is -0.653. The zero-order valence-corrected chi connectivity index (χ0v) is 14.9. The summed E-state index contributed by atoms with van der Waals surface area (Å²) in [6, 6.07) is 2.60. The largest absolute Gasteiger partial charge is 0.465 e. The van der Waals surface area contributed by atoms with E-state index in [1.165, 1.54) is 19.2 Å². The molecule has 1 aliphatic heterocycles. The van der Waals surface area contributed by atoms with Crippen LogP contribution in [0.2, 0.25) is 0 Å². The smallest absolute Gasteiger partial charge is 0.338 e. The number of amides is 1. The number of benzene rings is 1. The molecular formula is C18H24N2O5. The molecule has 0 saturated heterocycles. The van der Waals surface area contributed by atoms with Crippen molar-refractivity contribution < 1.29 is 19.2 Å². The van der Waals surface area contributed by atoms with Gasteiger partial charge in [-0.1, -0.05) is 26.7 Å². The third kappa shape index (κ3) is 3.81. The molecular weight excluding hydrogens is 324 g/mol. The number of nitro groups is 1. The van der Waals surface area contributed by atoms with Crippen molar-refractivity contribution in [2.45, 2.75) is 52.0 Å². The number of esters is 1. The highest BCUT2D eigenvalue weighted by atomic mass is 16.6. The van der Waals surface area contributed by atoms with E-state index in [2.05, 4.69) is 13.8 Å². The molecule has 1 aliphatic rings. The highest BCUT2D eigenvalue weighted by molar-refractivity contribution is 6.02. The Morgan fingerprint density at radius 1 is 1.32 bits per heavy atom. The van der Waals surface area contributed by atoms with Gasteiger partial charge in [0.25, 0.3) is 11.6 Å². The molecule has 0 aromatic heterocycles. The summed E-state index contributed by atoms with van der Waals surface area (Å²) < 4.78 is 4.74. The van der Waals surface area contributed by atoms with E-state index >= 15 is 0 Å². The van der Waals surface area contributed by atoms with Crippen LogP contribution in [0, 0.1) is 10.1 Å². The second-order valence-corrected chi connectivity index (χ2v) is 6.25. The van der Waals surface area contributed by atoms with Crippen LogP contribution in [-0.2, 0) is 11.2 Å². The molecule has 1 amide bonds. The Hall–Kier alpha value is -2.44. The number of nitro benzene ring substituents is 1. The monoisotopic (exact) mass is 348 g/mol. The standard InChI is InChI=1S/C18H24N2O5/c1-4-6-12(7-5-2)19-9-8-14-15(17(19)21)10-13(20(23)24)11-16(14)18(22)25-3/h10-12H,4-9H2,1-3H3. The molecule has 1 aromatic rings. The maximum absolute atomic E-state index is 13.0. The van der Waals surface area contributed by atoms with Gasteiger partial charge in [-0.05, 0) is 24.8 Å². The van der Waals surface area contributed by atoms with Crippen LogP contribution < -0.4 is 0 Å². The fourth-order valence-corrected chi connectivity index (χ4v) is 3.47. The van der Waals surface area contributed by atoms with E-state index in [9.17, 15) is 19.7 Å². The first kappa shape index (κ1) is 18.9. The second-order valence-electron chi connectivity index (χ2n) is 6.25. The van der Waals surface area contributed by atoms with Crippen LogP contribution in [0.15, 0.2) is 12.1 Å². The second kappa shape index (κ2) is 8.09. The van der Waals surface area contributed by atoms with Gasteiger partial charge in [0.15, 0.2) is 0 Å². The van der Waals surface area contributed by atoms with Gasteiger partial charge in [-0.25, -0.2) is 4.79 Å². The Labute approximate surface area is 147 Å². The number of hydrogen-bond acceptors (Lipinski definition) is 5. The molecule has 1 heterocycles. The van der Waals surface area contributed by atoms with Crippen LogP contribution in [0.5, 0.6) is 0 Å². The van der Waals surface area contributed by atoms with E-state index in [1.54, 1.807) is 4.90 Å². The third-order valence-electron chi connectivity index (χ3n) is 4.63. The summed E-state index contributed by atoms with van der Waals surface area (Å²) >= 11 is 0. The molecule has 0 saturated carbocycles. The molecule has 7 nitrogen and oxygen atoms in total. The summed E-state index contributed by atoms with van der Waals surface area (Å²) in [6.45, 7) is 4.66. The molecule has 0 N–H and O–H groups in total. The summed E-state index contributed by atoms with van der Waals surface area (Å²) in [5.74, 6) is -0.887. The number of methoxy groups -OCH3 is 1. The zero-order valence-electron chi connectivity index (χ0n) is 14.9. The molecule has 7 heteroatoms. The van der Waals surface area contributed by atoms with E-state index in [0.717, 1.165) is 25.7 Å². The molecule has 0 fully saturated rings. The zero-order chi connectivity index (χ0) is 18.6. The van der Waals surface area contributed by atoms with Crippen LogP contribution in [0.1, 0.15) is 65.8 Å². The van der Waals surface area contributed by atoms with Crippen molar-refractivity contribution in [3.63, 3.8) is 0 Å². The Morgan fingerprint density at radius 3 is 2.48 bits per heavy atom. The lowest BCUT2D eigenvalue weighted by atomic mass is 9.91. The van der Waals surface area contributed by atoms with Crippen molar-refractivity contribution >= 4 is 17.6 Å². The van der Waals surface area contributed by atoms with Gasteiger partial charge < -0.3 is 9.64 Å². The molecule has 25 heavy (non-hydrogen) atoms. The molecule has 0 spiro atoms. The van der Waals surface area contributed by atoms with Gasteiger partial charge in [0.2, 0.25) is 0 Å². The lowest BCUT2D eigenvalue weighted by Gasteiger charge is -2.36. The summed E-state index contributed by atoms with van der Waals surface area (Å²) in [4.78, 5) is 37.4. The lowest BCUT2D eigenvalue weighted by Crippen LogP contribution is -2.45. The van der Waals surface area contributed by atoms with E-state index in [4.69, 9.17) is 4.74 Å². The normalized spacial score (nSPS) is 13.8. The van der Waals surface area contributed by atoms with Crippen molar-refractivity contribution in [1.29, 1.82) is 0 Å². The number of non-ortho nitro benzene ring substituents is 1. The lowest BCUT2D eigenvalue weighted by molar-refractivity contribution is -0.384. The quantitative estimate of drug-likeness (QED) is 0.428. The van der Waals surface area contributed by atoms with Gasteiger partial charge in [0.05, 0.1) is 23.2 Å². The number of nitrogens with zero attached hydrogens (tertiary/aromatic N) is 2. The topological polar surface area (TPSA) is 89.8 Å². The fourth-order valence-electron chi connectivity index (χ4n) is 3.47. The Bertz CT molecular complexity index is 680. The molecule has 0 aliphatic carbocycles. The summed E-state index contributed by atoms with van der Waals surface area (Å²) in [7, 11) is 1.23. The van der Waals surface area contributed by atoms with E-state index in [-0.39, 0.29) is 28.8 Å². The van der Waals surface area contributed by atoms with Gasteiger partial charge in [0.1, 0.15) is 0 Å². The summed E-state index contributed by atoms with van der Waals surface area (Å²) in [6.07, 6.45) is 4.21. The van der Waals surface area contributed by atoms with Gasteiger partial charge in [-0.3, -0.25) is 14.9 Å². The predicted molar refractivity (Wildman–Crippen MR) is 92.8 cm³/mol. The first-order valence-electron chi connectivity index (χ1n) is 8.65. The van der Waals surface area contributed by atoms with Crippen LogP contribution >= 0.6 is 0 Å². The molecule has 0 unspecified atom stereocenters. The molecule has 136 valence electrons. The predicted octanol–water partition coefficient (Wildman–Crippen LogP) is 3.35. The van der Waals surface area contributed by atoms with Crippen LogP contribution in [0.25, 0.3) is 0 Å². The minimum absolute atomic E-state index is 0.113. The average molecular weight is 348 g/mol. The highest BCUT2D eigenvalue weighted by Crippen LogP contribution is 2.30. The first-order valence-corrected chi connectivity index (χ1v) is 8.65. The Balaban J connectivity index is 2.49. The number of carbonyl (C=O) groups is 2. The number of ether oxygens (including phenoxy) is 1. The van der Waals surface area contributed by atoms with E-state index in [0.29, 0.717) is 18.5 Å². The molecule has 2 rings (SSSR count). The Morgan fingerprint density at radius 2 is 1.96 bits per heavy atom. The van der Waals surface area contributed by atoms with Crippen LogP contribution in [0.4, 0.5) is 5.69 Å². The van der Waals surface area contributed by atoms with Crippen molar-refractivity contribution in [2.24, 2.45) is 0 Å². The molecule has 0 bridgehead atoms. The van der Waals surface area contributed by atoms with E-state index in [1.807, 2.05) is 0 Å². The Kier molecular flexibility index (Phi) is 6.12. The van der Waals surface area contributed by atoms with Gasteiger partial charge in [-0.15, -0.1) is 0 Å². The molecule has 0 atom stereocenters. The average Bonchev–Trinajstić information content (AvgIpc) is 2.60. The van der Waals surface area contributed by atoms with Gasteiger partial charge in [0, 0.05) is 24.7 Å². The maximum Gasteiger partial charge on any atom is 0.338 e. The van der Waals surface area contributed by atoms with Gasteiger partial charge >= 0.3 is 5.97 Å². The first-order chi connectivity index (χ1) is 11.9. The van der Waals surface area contributed by atoms with Crippen LogP contribution in [-0.4, -0.2) is 41.4 Å². The van der Waals surface area contributed by atoms with Crippen molar-refractivity contribution in [3.05, 3.63) is 38.9 Å². The van der Waals surface area contributed by atoms with Crippen molar-refractivity contribution in [1.82, 2.24) is 4.90 Å². The van der Waals surface area contributed by atoms with Crippen LogP contribution in [0.3, 0.4) is 0 Å². The summed E-state index contributed by atoms with van der Waals surface area (Å²) in [5.41, 5.74) is 0.641. The minimum Gasteiger partial charge on any atom is -0.465 e. The number of carbonyl (C=O) groups excluding carboxylic acids is 2. The van der Waals surface area contributed by atoms with E-state index < -0.39 is 10.9 Å². The number of rotatable bonds is 7. The number of fused-ring (bicyclic) bond motifs is 1. The third-order valence-corrected chi connectivity index (χ3v) is 4.63. The SMILES string of the molecule is CCCC(CCC)N1CCc2c(C(=O)OC)cc([N+](=O)[O-])cc2C1=O. The fraction of sp³-hybridized carbons (Fsp3) is 0.556. The van der Waals surface area contributed by atoms with Crippen molar-refractivity contribution in [3.8, 4) is 0 Å². The summed E-state index contributed by atoms with van der Waals surface area (Å²) in [5, 5.41) is 11.2. The molecule has 1 aromatic carbocycles. The molecule has 0 radical (unpaired) electrons. The van der Waals surface area contributed by atoms with Gasteiger partial charge in [-0.2, -0.15) is 0 Å².